The maximum Gasteiger partial charge on any atom is 0.0991 e. The summed E-state index contributed by atoms with van der Waals surface area (Å²) in [4.78, 5) is 4.52. The highest BCUT2D eigenvalue weighted by Gasteiger charge is 2.08. The van der Waals surface area contributed by atoms with Crippen molar-refractivity contribution in [3.8, 4) is 0 Å². The van der Waals surface area contributed by atoms with Crippen molar-refractivity contribution in [1.29, 1.82) is 0 Å². The van der Waals surface area contributed by atoms with E-state index in [0.717, 1.165) is 18.0 Å². The molecule has 0 aliphatic rings. The summed E-state index contributed by atoms with van der Waals surface area (Å²) < 4.78 is 0. The molecule has 0 amide bonds. The summed E-state index contributed by atoms with van der Waals surface area (Å²) in [5.41, 5.74) is 2.44. The van der Waals surface area contributed by atoms with Gasteiger partial charge in [0.05, 0.1) is 5.03 Å². The molecule has 0 saturated carbocycles. The summed E-state index contributed by atoms with van der Waals surface area (Å²) in [6.07, 6.45) is 2.75. The molecule has 1 heterocycles. The normalized spacial score (nSPS) is 13.0. The first kappa shape index (κ1) is 15.5. The van der Waals surface area contributed by atoms with E-state index in [1.807, 2.05) is 6.20 Å². The monoisotopic (exact) mass is 268 g/mol. The molecule has 0 bridgehead atoms. The first-order chi connectivity index (χ1) is 8.52. The minimum absolute atomic E-state index is 0.240. The van der Waals surface area contributed by atoms with Gasteiger partial charge >= 0.3 is 0 Å². The summed E-state index contributed by atoms with van der Waals surface area (Å²) in [7, 11) is 0. The quantitative estimate of drug-likeness (QED) is 0.746. The number of aromatic nitrogens is 1. The van der Waals surface area contributed by atoms with Crippen molar-refractivity contribution in [2.45, 2.75) is 57.0 Å². The van der Waals surface area contributed by atoms with Crippen LogP contribution in [0.15, 0.2) is 17.3 Å². The third-order valence-electron chi connectivity index (χ3n) is 2.65. The van der Waals surface area contributed by atoms with Crippen molar-refractivity contribution < 1.29 is 5.11 Å². The maximum atomic E-state index is 8.91. The van der Waals surface area contributed by atoms with Gasteiger partial charge in [-0.05, 0) is 24.5 Å². The van der Waals surface area contributed by atoms with Gasteiger partial charge in [-0.25, -0.2) is 4.98 Å². The number of aliphatic hydroxyl groups is 1. The van der Waals surface area contributed by atoms with Gasteiger partial charge in [0, 0.05) is 30.6 Å². The van der Waals surface area contributed by atoms with Crippen LogP contribution in [0.2, 0.25) is 0 Å². The van der Waals surface area contributed by atoms with Crippen LogP contribution in [0, 0.1) is 6.92 Å². The van der Waals surface area contributed by atoms with E-state index in [1.54, 1.807) is 11.8 Å². The van der Waals surface area contributed by atoms with Crippen molar-refractivity contribution in [3.05, 3.63) is 23.4 Å². The maximum absolute atomic E-state index is 8.91. The molecule has 0 fully saturated rings. The Balaban J connectivity index is 2.61. The van der Waals surface area contributed by atoms with Crippen LogP contribution in [0.4, 0.5) is 0 Å². The molecule has 0 saturated heterocycles. The molecule has 0 radical (unpaired) electrons. The molecular weight excluding hydrogens is 244 g/mol. The fourth-order valence-electron chi connectivity index (χ4n) is 1.59. The summed E-state index contributed by atoms with van der Waals surface area (Å²) in [5.74, 6) is 0. The van der Waals surface area contributed by atoms with Crippen LogP contribution in [0.25, 0.3) is 0 Å². The van der Waals surface area contributed by atoms with Gasteiger partial charge in [0.2, 0.25) is 0 Å². The number of rotatable bonds is 7. The zero-order valence-corrected chi connectivity index (χ0v) is 12.5. The molecular formula is C14H24N2OS. The number of nitrogens with zero attached hydrogens (tertiary/aromatic N) is 1. The average molecular weight is 268 g/mol. The van der Waals surface area contributed by atoms with E-state index < -0.39 is 0 Å². The molecule has 1 aromatic rings. The lowest BCUT2D eigenvalue weighted by Crippen LogP contribution is -2.21. The third-order valence-corrected chi connectivity index (χ3v) is 3.94. The second-order valence-electron chi connectivity index (χ2n) is 4.94. The van der Waals surface area contributed by atoms with Crippen LogP contribution < -0.4 is 5.32 Å². The van der Waals surface area contributed by atoms with Crippen molar-refractivity contribution >= 4 is 11.8 Å². The van der Waals surface area contributed by atoms with Crippen molar-refractivity contribution in [1.82, 2.24) is 10.3 Å². The molecule has 2 N–H and O–H groups in total. The SMILES string of the molecule is Cc1cc(CNC(C)C)cnc1SC(C)CCO. The number of aryl methyl sites for hydroxylation is 1. The molecule has 1 aromatic heterocycles. The van der Waals surface area contributed by atoms with Crippen LogP contribution >= 0.6 is 11.8 Å². The summed E-state index contributed by atoms with van der Waals surface area (Å²) >= 11 is 1.74. The van der Waals surface area contributed by atoms with Crippen LogP contribution in [0.5, 0.6) is 0 Å². The molecule has 4 heteroatoms. The third kappa shape index (κ3) is 5.38. The minimum atomic E-state index is 0.240. The van der Waals surface area contributed by atoms with Gasteiger partial charge < -0.3 is 10.4 Å². The number of pyridine rings is 1. The van der Waals surface area contributed by atoms with Gasteiger partial charge in [0.25, 0.3) is 0 Å². The zero-order chi connectivity index (χ0) is 13.5. The summed E-state index contributed by atoms with van der Waals surface area (Å²) in [6, 6.07) is 2.68. The Morgan fingerprint density at radius 1 is 1.39 bits per heavy atom. The number of nitrogens with one attached hydrogen (secondary N) is 1. The molecule has 102 valence electrons. The molecule has 0 aliphatic carbocycles. The Morgan fingerprint density at radius 2 is 2.11 bits per heavy atom. The highest BCUT2D eigenvalue weighted by molar-refractivity contribution is 7.99. The topological polar surface area (TPSA) is 45.2 Å². The summed E-state index contributed by atoms with van der Waals surface area (Å²) in [5, 5.41) is 13.8. The molecule has 0 spiro atoms. The summed E-state index contributed by atoms with van der Waals surface area (Å²) in [6.45, 7) is 9.60. The van der Waals surface area contributed by atoms with E-state index in [2.05, 4.69) is 44.1 Å². The lowest BCUT2D eigenvalue weighted by atomic mass is 10.2. The molecule has 0 aromatic carbocycles. The van der Waals surface area contributed by atoms with Crippen LogP contribution in [-0.2, 0) is 6.54 Å². The molecule has 3 nitrogen and oxygen atoms in total. The molecule has 1 rings (SSSR count). The minimum Gasteiger partial charge on any atom is -0.396 e. The van der Waals surface area contributed by atoms with E-state index in [-0.39, 0.29) is 6.61 Å². The van der Waals surface area contributed by atoms with E-state index >= 15 is 0 Å². The number of aliphatic hydroxyl groups excluding tert-OH is 1. The first-order valence-corrected chi connectivity index (χ1v) is 7.37. The van der Waals surface area contributed by atoms with Crippen molar-refractivity contribution in [2.24, 2.45) is 0 Å². The largest absolute Gasteiger partial charge is 0.396 e. The van der Waals surface area contributed by atoms with Gasteiger partial charge in [-0.1, -0.05) is 26.8 Å². The van der Waals surface area contributed by atoms with Crippen LogP contribution in [0.3, 0.4) is 0 Å². The number of hydrogen-bond donors (Lipinski definition) is 2. The molecule has 1 unspecified atom stereocenters. The predicted molar refractivity (Wildman–Crippen MR) is 78.0 cm³/mol. The second-order valence-corrected chi connectivity index (χ2v) is 6.37. The Hall–Kier alpha value is -0.580. The Labute approximate surface area is 114 Å². The Kier molecular flexibility index (Phi) is 6.68. The van der Waals surface area contributed by atoms with Crippen molar-refractivity contribution in [2.75, 3.05) is 6.61 Å². The average Bonchev–Trinajstić information content (AvgIpc) is 2.30. The van der Waals surface area contributed by atoms with Gasteiger partial charge in [-0.2, -0.15) is 0 Å². The molecule has 18 heavy (non-hydrogen) atoms. The second kappa shape index (κ2) is 7.77. The Bertz CT molecular complexity index is 369. The lowest BCUT2D eigenvalue weighted by molar-refractivity contribution is 0.289. The predicted octanol–water partition coefficient (Wildman–Crippen LogP) is 2.75. The van der Waals surface area contributed by atoms with Gasteiger partial charge in [0.1, 0.15) is 0 Å². The van der Waals surface area contributed by atoms with Gasteiger partial charge in [0.15, 0.2) is 0 Å². The van der Waals surface area contributed by atoms with E-state index in [0.29, 0.717) is 11.3 Å². The van der Waals surface area contributed by atoms with Gasteiger partial charge in [-0.15, -0.1) is 11.8 Å². The first-order valence-electron chi connectivity index (χ1n) is 6.49. The van der Waals surface area contributed by atoms with Gasteiger partial charge in [-0.3, -0.25) is 0 Å². The van der Waals surface area contributed by atoms with Crippen LogP contribution in [-0.4, -0.2) is 28.0 Å². The zero-order valence-electron chi connectivity index (χ0n) is 11.7. The molecule has 0 aliphatic heterocycles. The van der Waals surface area contributed by atoms with Crippen molar-refractivity contribution in [3.63, 3.8) is 0 Å². The fourth-order valence-corrected chi connectivity index (χ4v) is 2.56. The Morgan fingerprint density at radius 3 is 2.67 bits per heavy atom. The van der Waals surface area contributed by atoms with E-state index in [1.165, 1.54) is 11.1 Å². The van der Waals surface area contributed by atoms with E-state index in [9.17, 15) is 0 Å². The highest BCUT2D eigenvalue weighted by atomic mass is 32.2. The standard InChI is InChI=1S/C14H24N2OS/c1-10(2)15-8-13-7-11(3)14(16-9-13)18-12(4)5-6-17/h7,9-10,12,15,17H,5-6,8H2,1-4H3. The van der Waals surface area contributed by atoms with Crippen LogP contribution in [0.1, 0.15) is 38.3 Å². The fraction of sp³-hybridized carbons (Fsp3) is 0.643. The lowest BCUT2D eigenvalue weighted by Gasteiger charge is -2.13. The highest BCUT2D eigenvalue weighted by Crippen LogP contribution is 2.26. The van der Waals surface area contributed by atoms with E-state index in [4.69, 9.17) is 5.11 Å². The number of thioether (sulfide) groups is 1. The molecule has 1 atom stereocenters. The number of hydrogen-bond acceptors (Lipinski definition) is 4. The smallest absolute Gasteiger partial charge is 0.0991 e.